The van der Waals surface area contributed by atoms with Gasteiger partial charge in [0.05, 0.1) is 0 Å². The van der Waals surface area contributed by atoms with Crippen molar-refractivity contribution in [1.29, 1.82) is 0 Å². The van der Waals surface area contributed by atoms with E-state index in [9.17, 15) is 9.59 Å². The van der Waals surface area contributed by atoms with Gasteiger partial charge in [-0.05, 0) is 54.4 Å². The van der Waals surface area contributed by atoms with Crippen LogP contribution in [0.4, 0.5) is 4.79 Å². The predicted octanol–water partition coefficient (Wildman–Crippen LogP) is 3.02. The Morgan fingerprint density at radius 3 is 1.89 bits per heavy atom. The minimum atomic E-state index is -0.486. The maximum atomic E-state index is 11.4. The Balaban J connectivity index is 3.61. The van der Waals surface area contributed by atoms with E-state index in [1.807, 2.05) is 41.5 Å². The quantitative estimate of drug-likeness (QED) is 0.617. The van der Waals surface area contributed by atoms with Gasteiger partial charge in [0, 0.05) is 13.0 Å². The van der Waals surface area contributed by atoms with Crippen molar-refractivity contribution < 1.29 is 19.1 Å². The highest BCUT2D eigenvalue weighted by Gasteiger charge is 2.16. The van der Waals surface area contributed by atoms with Crippen LogP contribution in [0.15, 0.2) is 0 Å². The van der Waals surface area contributed by atoms with Crippen LogP contribution in [0.1, 0.15) is 60.8 Å². The van der Waals surface area contributed by atoms with Gasteiger partial charge in [0.25, 0.3) is 0 Å². The summed E-state index contributed by atoms with van der Waals surface area (Å²) in [5.74, 6) is -0.204. The number of nitrogens with one attached hydrogen (secondary N) is 1. The van der Waals surface area contributed by atoms with Crippen LogP contribution in [-0.4, -0.2) is 29.8 Å². The molecule has 112 valence electrons. The lowest BCUT2D eigenvalue weighted by Crippen LogP contribution is -2.33. The van der Waals surface area contributed by atoms with Gasteiger partial charge in [-0.25, -0.2) is 4.79 Å². The molecule has 0 saturated carbocycles. The van der Waals surface area contributed by atoms with E-state index in [0.29, 0.717) is 19.4 Å². The molecule has 0 fully saturated rings. The minimum Gasteiger partial charge on any atom is -0.460 e. The van der Waals surface area contributed by atoms with Crippen molar-refractivity contribution in [1.82, 2.24) is 5.32 Å². The smallest absolute Gasteiger partial charge is 0.407 e. The van der Waals surface area contributed by atoms with Gasteiger partial charge in [0.2, 0.25) is 0 Å². The Morgan fingerprint density at radius 1 is 0.895 bits per heavy atom. The molecule has 0 saturated heterocycles. The number of alkyl carbamates (subject to hydrolysis) is 1. The van der Waals surface area contributed by atoms with Gasteiger partial charge in [-0.15, -0.1) is 0 Å². The molecule has 19 heavy (non-hydrogen) atoms. The van der Waals surface area contributed by atoms with Crippen LogP contribution in [0.5, 0.6) is 0 Å². The molecular weight excluding hydrogens is 246 g/mol. The van der Waals surface area contributed by atoms with Crippen LogP contribution in [-0.2, 0) is 14.3 Å². The van der Waals surface area contributed by atoms with Crippen LogP contribution in [0.25, 0.3) is 0 Å². The minimum absolute atomic E-state index is 0.204. The van der Waals surface area contributed by atoms with Gasteiger partial charge < -0.3 is 14.8 Å². The first kappa shape index (κ1) is 17.7. The van der Waals surface area contributed by atoms with E-state index in [1.165, 1.54) is 0 Å². The number of hydrogen-bond donors (Lipinski definition) is 1. The molecule has 0 heterocycles. The lowest BCUT2D eigenvalue weighted by Gasteiger charge is -2.20. The monoisotopic (exact) mass is 273 g/mol. The third-order valence-electron chi connectivity index (χ3n) is 1.90. The molecular formula is C14H27NO4. The van der Waals surface area contributed by atoms with Crippen molar-refractivity contribution in [2.75, 3.05) is 6.54 Å². The molecule has 1 amide bonds. The number of hydrogen-bond acceptors (Lipinski definition) is 4. The molecule has 0 radical (unpaired) electrons. The standard InChI is InChI=1S/C14H27NO4/c1-13(2,3)18-11(16)9-7-8-10-15-12(17)19-14(4,5)6/h7-10H2,1-6H3,(H,15,17). The molecule has 0 aliphatic heterocycles. The van der Waals surface area contributed by atoms with Crippen molar-refractivity contribution in [3.63, 3.8) is 0 Å². The van der Waals surface area contributed by atoms with Crippen molar-refractivity contribution in [2.24, 2.45) is 0 Å². The third-order valence-corrected chi connectivity index (χ3v) is 1.90. The number of carbonyl (C=O) groups is 2. The first-order valence-electron chi connectivity index (χ1n) is 6.68. The number of rotatable bonds is 5. The van der Waals surface area contributed by atoms with Gasteiger partial charge in [0.1, 0.15) is 11.2 Å². The summed E-state index contributed by atoms with van der Waals surface area (Å²) in [5, 5.41) is 2.65. The summed E-state index contributed by atoms with van der Waals surface area (Å²) in [5.41, 5.74) is -0.924. The summed E-state index contributed by atoms with van der Waals surface area (Å²) < 4.78 is 10.3. The molecule has 0 rings (SSSR count). The Bertz CT molecular complexity index is 270. The maximum Gasteiger partial charge on any atom is 0.407 e. The van der Waals surface area contributed by atoms with Crippen LogP contribution in [0.2, 0.25) is 0 Å². The highest BCUT2D eigenvalue weighted by atomic mass is 16.6. The lowest BCUT2D eigenvalue weighted by molar-refractivity contribution is -0.154. The Labute approximate surface area is 116 Å². The molecule has 0 aliphatic carbocycles. The average molecular weight is 273 g/mol. The van der Waals surface area contributed by atoms with E-state index in [-0.39, 0.29) is 5.97 Å². The van der Waals surface area contributed by atoms with Gasteiger partial charge in [-0.3, -0.25) is 4.79 Å². The van der Waals surface area contributed by atoms with E-state index in [1.54, 1.807) is 0 Å². The molecule has 0 aliphatic rings. The third kappa shape index (κ3) is 13.0. The number of esters is 1. The highest BCUT2D eigenvalue weighted by molar-refractivity contribution is 5.69. The normalized spacial score (nSPS) is 11.9. The zero-order chi connectivity index (χ0) is 15.1. The summed E-state index contributed by atoms with van der Waals surface area (Å²) in [4.78, 5) is 22.7. The van der Waals surface area contributed by atoms with Gasteiger partial charge in [-0.2, -0.15) is 0 Å². The Kier molecular flexibility index (Phi) is 6.87. The van der Waals surface area contributed by atoms with Crippen LogP contribution in [0, 0.1) is 0 Å². The molecule has 5 heteroatoms. The average Bonchev–Trinajstić information content (AvgIpc) is 2.10. The molecule has 0 aromatic rings. The fraction of sp³-hybridized carbons (Fsp3) is 0.857. The van der Waals surface area contributed by atoms with Crippen molar-refractivity contribution >= 4 is 12.1 Å². The summed E-state index contributed by atoms with van der Waals surface area (Å²) in [6.45, 7) is 11.5. The van der Waals surface area contributed by atoms with Gasteiger partial charge in [-0.1, -0.05) is 0 Å². The molecule has 0 aromatic carbocycles. The SMILES string of the molecule is CC(C)(C)OC(=O)CCCCNC(=O)OC(C)(C)C. The first-order chi connectivity index (χ1) is 8.49. The zero-order valence-corrected chi connectivity index (χ0v) is 13.0. The number of amides is 1. The van der Waals surface area contributed by atoms with Gasteiger partial charge in [0.15, 0.2) is 0 Å². The fourth-order valence-electron chi connectivity index (χ4n) is 1.29. The summed E-state index contributed by atoms with van der Waals surface area (Å²) >= 11 is 0. The summed E-state index contributed by atoms with van der Waals surface area (Å²) in [6, 6.07) is 0. The van der Waals surface area contributed by atoms with E-state index < -0.39 is 17.3 Å². The second-order valence-corrected chi connectivity index (χ2v) is 6.47. The molecule has 0 aromatic heterocycles. The molecule has 0 bridgehead atoms. The van der Waals surface area contributed by atoms with Crippen molar-refractivity contribution in [3.8, 4) is 0 Å². The molecule has 0 unspecified atom stereocenters. The van der Waals surface area contributed by atoms with Crippen molar-refractivity contribution in [3.05, 3.63) is 0 Å². The van der Waals surface area contributed by atoms with Gasteiger partial charge >= 0.3 is 12.1 Å². The Hall–Kier alpha value is -1.26. The number of unbranched alkanes of at least 4 members (excludes halogenated alkanes) is 1. The summed E-state index contributed by atoms with van der Waals surface area (Å²) in [6.07, 6.45) is 1.35. The van der Waals surface area contributed by atoms with E-state index >= 15 is 0 Å². The molecule has 1 N–H and O–H groups in total. The summed E-state index contributed by atoms with van der Waals surface area (Å²) in [7, 11) is 0. The molecule has 0 atom stereocenters. The topological polar surface area (TPSA) is 64.6 Å². The number of carbonyl (C=O) groups excluding carboxylic acids is 2. The maximum absolute atomic E-state index is 11.4. The van der Waals surface area contributed by atoms with E-state index in [2.05, 4.69) is 5.32 Å². The number of ether oxygens (including phenoxy) is 2. The predicted molar refractivity (Wildman–Crippen MR) is 73.9 cm³/mol. The zero-order valence-electron chi connectivity index (χ0n) is 13.0. The lowest BCUT2D eigenvalue weighted by atomic mass is 10.2. The van der Waals surface area contributed by atoms with Crippen LogP contribution >= 0.6 is 0 Å². The second-order valence-electron chi connectivity index (χ2n) is 6.47. The van der Waals surface area contributed by atoms with Crippen LogP contribution in [0.3, 0.4) is 0 Å². The highest BCUT2D eigenvalue weighted by Crippen LogP contribution is 2.10. The first-order valence-corrected chi connectivity index (χ1v) is 6.68. The van der Waals surface area contributed by atoms with E-state index in [4.69, 9.17) is 9.47 Å². The fourth-order valence-corrected chi connectivity index (χ4v) is 1.29. The molecule has 5 nitrogen and oxygen atoms in total. The molecule has 0 spiro atoms. The second kappa shape index (κ2) is 7.36. The van der Waals surface area contributed by atoms with Crippen LogP contribution < -0.4 is 5.32 Å². The largest absolute Gasteiger partial charge is 0.460 e. The van der Waals surface area contributed by atoms with E-state index in [0.717, 1.165) is 6.42 Å². The Morgan fingerprint density at radius 2 is 1.42 bits per heavy atom. The van der Waals surface area contributed by atoms with Crippen molar-refractivity contribution in [2.45, 2.75) is 72.0 Å².